The molecule has 3 N–H and O–H groups in total. The van der Waals surface area contributed by atoms with Gasteiger partial charge in [-0.1, -0.05) is 25.5 Å². The Bertz CT molecular complexity index is 420. The van der Waals surface area contributed by atoms with Crippen molar-refractivity contribution in [2.24, 2.45) is 5.73 Å². The standard InChI is InChI=1S/C14H21BrN2O/c1-4-14(5-2,9-16)17-13(18)11-8-10(3)6-7-12(11)15/h6-8H,4-5,9,16H2,1-3H3,(H,17,18). The van der Waals surface area contributed by atoms with Crippen molar-refractivity contribution in [3.8, 4) is 0 Å². The molecule has 0 heterocycles. The van der Waals surface area contributed by atoms with Crippen molar-refractivity contribution in [1.29, 1.82) is 0 Å². The van der Waals surface area contributed by atoms with Crippen LogP contribution in [0.4, 0.5) is 0 Å². The summed E-state index contributed by atoms with van der Waals surface area (Å²) in [6.07, 6.45) is 1.66. The summed E-state index contributed by atoms with van der Waals surface area (Å²) in [6.45, 7) is 6.51. The average molecular weight is 313 g/mol. The van der Waals surface area contributed by atoms with E-state index in [1.165, 1.54) is 0 Å². The number of carbonyl (C=O) groups is 1. The van der Waals surface area contributed by atoms with Gasteiger partial charge in [0.1, 0.15) is 0 Å². The van der Waals surface area contributed by atoms with Crippen molar-refractivity contribution in [3.63, 3.8) is 0 Å². The van der Waals surface area contributed by atoms with Crippen LogP contribution in [0.2, 0.25) is 0 Å². The monoisotopic (exact) mass is 312 g/mol. The first-order valence-corrected chi connectivity index (χ1v) is 7.06. The molecular weight excluding hydrogens is 292 g/mol. The Morgan fingerprint density at radius 1 is 1.39 bits per heavy atom. The van der Waals surface area contributed by atoms with Crippen molar-refractivity contribution in [1.82, 2.24) is 5.32 Å². The first kappa shape index (κ1) is 15.2. The summed E-state index contributed by atoms with van der Waals surface area (Å²) in [7, 11) is 0. The third-order valence-corrected chi connectivity index (χ3v) is 4.18. The van der Waals surface area contributed by atoms with Crippen molar-refractivity contribution < 1.29 is 4.79 Å². The molecule has 100 valence electrons. The topological polar surface area (TPSA) is 55.1 Å². The summed E-state index contributed by atoms with van der Waals surface area (Å²) >= 11 is 3.41. The van der Waals surface area contributed by atoms with Gasteiger partial charge in [-0.2, -0.15) is 0 Å². The Morgan fingerprint density at radius 3 is 2.50 bits per heavy atom. The summed E-state index contributed by atoms with van der Waals surface area (Å²) in [5, 5.41) is 3.07. The third kappa shape index (κ3) is 3.33. The van der Waals surface area contributed by atoms with Gasteiger partial charge < -0.3 is 11.1 Å². The second kappa shape index (κ2) is 6.34. The van der Waals surface area contributed by atoms with Crippen LogP contribution in [0.1, 0.15) is 42.6 Å². The minimum absolute atomic E-state index is 0.0697. The lowest BCUT2D eigenvalue weighted by Gasteiger charge is -2.31. The zero-order chi connectivity index (χ0) is 13.8. The number of benzene rings is 1. The maximum absolute atomic E-state index is 12.3. The highest BCUT2D eigenvalue weighted by molar-refractivity contribution is 9.10. The summed E-state index contributed by atoms with van der Waals surface area (Å²) in [4.78, 5) is 12.3. The summed E-state index contributed by atoms with van der Waals surface area (Å²) in [5.74, 6) is -0.0697. The van der Waals surface area contributed by atoms with Crippen LogP contribution in [0.15, 0.2) is 22.7 Å². The van der Waals surface area contributed by atoms with Crippen molar-refractivity contribution in [2.75, 3.05) is 6.54 Å². The van der Waals surface area contributed by atoms with E-state index in [0.717, 1.165) is 22.9 Å². The molecule has 4 heteroatoms. The van der Waals surface area contributed by atoms with Gasteiger partial charge in [0.15, 0.2) is 0 Å². The van der Waals surface area contributed by atoms with E-state index in [1.54, 1.807) is 0 Å². The van der Waals surface area contributed by atoms with Gasteiger partial charge in [0.25, 0.3) is 5.91 Å². The van der Waals surface area contributed by atoms with Crippen LogP contribution in [0.3, 0.4) is 0 Å². The number of rotatable bonds is 5. The molecule has 1 aromatic carbocycles. The average Bonchev–Trinajstić information content (AvgIpc) is 2.38. The quantitative estimate of drug-likeness (QED) is 0.878. The molecule has 0 aliphatic carbocycles. The van der Waals surface area contributed by atoms with Crippen LogP contribution in [0.5, 0.6) is 0 Å². The molecule has 0 spiro atoms. The largest absolute Gasteiger partial charge is 0.345 e. The summed E-state index contributed by atoms with van der Waals surface area (Å²) in [6, 6.07) is 5.75. The number of halogens is 1. The molecule has 0 bridgehead atoms. The zero-order valence-corrected chi connectivity index (χ0v) is 12.8. The third-order valence-electron chi connectivity index (χ3n) is 3.49. The van der Waals surface area contributed by atoms with Crippen LogP contribution in [0.25, 0.3) is 0 Å². The second-order valence-corrected chi connectivity index (χ2v) is 5.48. The molecule has 0 radical (unpaired) electrons. The second-order valence-electron chi connectivity index (χ2n) is 4.63. The van der Waals surface area contributed by atoms with Crippen LogP contribution >= 0.6 is 15.9 Å². The van der Waals surface area contributed by atoms with E-state index in [9.17, 15) is 4.79 Å². The predicted molar refractivity (Wildman–Crippen MR) is 78.7 cm³/mol. The van der Waals surface area contributed by atoms with Crippen LogP contribution in [-0.2, 0) is 0 Å². The molecule has 0 atom stereocenters. The van der Waals surface area contributed by atoms with Gasteiger partial charge >= 0.3 is 0 Å². The number of hydrogen-bond donors (Lipinski definition) is 2. The molecule has 18 heavy (non-hydrogen) atoms. The van der Waals surface area contributed by atoms with Crippen LogP contribution in [-0.4, -0.2) is 18.0 Å². The van der Waals surface area contributed by atoms with Gasteiger partial charge in [0, 0.05) is 11.0 Å². The van der Waals surface area contributed by atoms with E-state index >= 15 is 0 Å². The maximum Gasteiger partial charge on any atom is 0.252 e. The number of nitrogens with two attached hydrogens (primary N) is 1. The summed E-state index contributed by atoms with van der Waals surface area (Å²) in [5.41, 5.74) is 7.22. The zero-order valence-electron chi connectivity index (χ0n) is 11.2. The number of hydrogen-bond acceptors (Lipinski definition) is 2. The molecule has 0 saturated carbocycles. The molecular formula is C14H21BrN2O. The minimum Gasteiger partial charge on any atom is -0.345 e. The van der Waals surface area contributed by atoms with Gasteiger partial charge in [-0.3, -0.25) is 4.79 Å². The van der Waals surface area contributed by atoms with E-state index in [0.29, 0.717) is 12.1 Å². The van der Waals surface area contributed by atoms with E-state index in [2.05, 4.69) is 21.2 Å². The first-order valence-electron chi connectivity index (χ1n) is 6.26. The molecule has 1 aromatic rings. The molecule has 0 aromatic heterocycles. The number of nitrogens with one attached hydrogen (secondary N) is 1. The first-order chi connectivity index (χ1) is 8.48. The highest BCUT2D eigenvalue weighted by Gasteiger charge is 2.27. The smallest absolute Gasteiger partial charge is 0.252 e. The Hall–Kier alpha value is -0.870. The molecule has 3 nitrogen and oxygen atoms in total. The number of aryl methyl sites for hydroxylation is 1. The van der Waals surface area contributed by atoms with Crippen LogP contribution in [0, 0.1) is 6.92 Å². The summed E-state index contributed by atoms with van der Waals surface area (Å²) < 4.78 is 0.809. The van der Waals surface area contributed by atoms with Gasteiger partial charge in [0.2, 0.25) is 0 Å². The molecule has 0 fully saturated rings. The van der Waals surface area contributed by atoms with Gasteiger partial charge in [-0.05, 0) is 47.8 Å². The van der Waals surface area contributed by atoms with E-state index < -0.39 is 0 Å². The van der Waals surface area contributed by atoms with E-state index in [4.69, 9.17) is 5.73 Å². The highest BCUT2D eigenvalue weighted by atomic mass is 79.9. The van der Waals surface area contributed by atoms with Crippen molar-refractivity contribution in [3.05, 3.63) is 33.8 Å². The molecule has 1 rings (SSSR count). The lowest BCUT2D eigenvalue weighted by Crippen LogP contribution is -2.52. The fourth-order valence-electron chi connectivity index (χ4n) is 1.89. The Balaban J connectivity index is 2.97. The highest BCUT2D eigenvalue weighted by Crippen LogP contribution is 2.20. The number of carbonyl (C=O) groups excluding carboxylic acids is 1. The Labute approximate surface area is 117 Å². The predicted octanol–water partition coefficient (Wildman–Crippen LogP) is 3.00. The minimum atomic E-state index is -0.305. The normalized spacial score (nSPS) is 11.4. The van der Waals surface area contributed by atoms with E-state index in [1.807, 2.05) is 39.0 Å². The Morgan fingerprint density at radius 2 is 2.00 bits per heavy atom. The Kier molecular flexibility index (Phi) is 5.35. The molecule has 0 aliphatic rings. The lowest BCUT2D eigenvalue weighted by molar-refractivity contribution is 0.0894. The van der Waals surface area contributed by atoms with Crippen molar-refractivity contribution >= 4 is 21.8 Å². The van der Waals surface area contributed by atoms with Gasteiger partial charge in [-0.25, -0.2) is 0 Å². The molecule has 0 saturated heterocycles. The molecule has 0 aliphatic heterocycles. The lowest BCUT2D eigenvalue weighted by atomic mass is 9.92. The van der Waals surface area contributed by atoms with Gasteiger partial charge in [-0.15, -0.1) is 0 Å². The maximum atomic E-state index is 12.3. The fourth-order valence-corrected chi connectivity index (χ4v) is 2.31. The fraction of sp³-hybridized carbons (Fsp3) is 0.500. The molecule has 0 unspecified atom stereocenters. The molecule has 1 amide bonds. The van der Waals surface area contributed by atoms with Crippen molar-refractivity contribution in [2.45, 2.75) is 39.2 Å². The number of amides is 1. The van der Waals surface area contributed by atoms with E-state index in [-0.39, 0.29) is 11.4 Å². The SMILES string of the molecule is CCC(CC)(CN)NC(=O)c1cc(C)ccc1Br. The van der Waals surface area contributed by atoms with Crippen LogP contribution < -0.4 is 11.1 Å². The van der Waals surface area contributed by atoms with Gasteiger partial charge in [0.05, 0.1) is 11.1 Å².